The maximum atomic E-state index is 12.1. The molecule has 0 spiro atoms. The van der Waals surface area contributed by atoms with Gasteiger partial charge < -0.3 is 5.32 Å². The Bertz CT molecular complexity index is 573. The number of carbonyl (C=O) groups is 1. The lowest BCUT2D eigenvalue weighted by Crippen LogP contribution is -2.41. The number of hydrogen-bond acceptors (Lipinski definition) is 3. The van der Waals surface area contributed by atoms with Crippen molar-refractivity contribution in [3.05, 3.63) is 52.0 Å². The van der Waals surface area contributed by atoms with E-state index in [9.17, 15) is 4.79 Å². The van der Waals surface area contributed by atoms with Gasteiger partial charge in [-0.2, -0.15) is 0 Å². The molecule has 0 radical (unpaired) electrons. The highest BCUT2D eigenvalue weighted by molar-refractivity contribution is 7.09. The first-order chi connectivity index (χ1) is 9.97. The van der Waals surface area contributed by atoms with E-state index in [0.29, 0.717) is 6.42 Å². The van der Waals surface area contributed by atoms with Crippen molar-refractivity contribution in [2.45, 2.75) is 45.6 Å². The van der Waals surface area contributed by atoms with Crippen LogP contribution in [0.4, 0.5) is 0 Å². The maximum absolute atomic E-state index is 12.1. The van der Waals surface area contributed by atoms with Crippen LogP contribution in [0, 0.1) is 6.92 Å². The van der Waals surface area contributed by atoms with Crippen LogP contribution in [0.25, 0.3) is 0 Å². The van der Waals surface area contributed by atoms with Crippen LogP contribution in [0.5, 0.6) is 0 Å². The van der Waals surface area contributed by atoms with Gasteiger partial charge in [-0.05, 0) is 56.7 Å². The highest BCUT2D eigenvalue weighted by Crippen LogP contribution is 2.20. The summed E-state index contributed by atoms with van der Waals surface area (Å²) in [5.74, 6) is 0.0946. The topological polar surface area (TPSA) is 42.0 Å². The van der Waals surface area contributed by atoms with E-state index < -0.39 is 0 Å². The van der Waals surface area contributed by atoms with E-state index in [2.05, 4.69) is 21.7 Å². The van der Waals surface area contributed by atoms with Gasteiger partial charge in [0.05, 0.1) is 5.54 Å². The highest BCUT2D eigenvalue weighted by Gasteiger charge is 2.22. The van der Waals surface area contributed by atoms with Crippen LogP contribution in [0.3, 0.4) is 0 Å². The fourth-order valence-electron chi connectivity index (χ4n) is 2.20. The van der Waals surface area contributed by atoms with E-state index in [4.69, 9.17) is 0 Å². The van der Waals surface area contributed by atoms with E-state index in [-0.39, 0.29) is 11.4 Å². The number of hydrogen-bond donors (Lipinski definition) is 1. The van der Waals surface area contributed by atoms with Crippen LogP contribution in [-0.2, 0) is 16.8 Å². The number of thiophene rings is 1. The molecule has 2 rings (SSSR count). The second kappa shape index (κ2) is 6.85. The summed E-state index contributed by atoms with van der Waals surface area (Å²) in [7, 11) is 0. The Morgan fingerprint density at radius 2 is 2.14 bits per heavy atom. The Morgan fingerprint density at radius 1 is 1.33 bits per heavy atom. The van der Waals surface area contributed by atoms with Crippen LogP contribution >= 0.6 is 11.3 Å². The first-order valence-electron chi connectivity index (χ1n) is 7.24. The minimum atomic E-state index is -0.388. The summed E-state index contributed by atoms with van der Waals surface area (Å²) >= 11 is 1.75. The van der Waals surface area contributed by atoms with E-state index in [0.717, 1.165) is 24.1 Å². The summed E-state index contributed by atoms with van der Waals surface area (Å²) in [6, 6.07) is 8.16. The van der Waals surface area contributed by atoms with Gasteiger partial charge in [0.15, 0.2) is 0 Å². The third-order valence-corrected chi connectivity index (χ3v) is 4.43. The van der Waals surface area contributed by atoms with Gasteiger partial charge in [0, 0.05) is 23.2 Å². The summed E-state index contributed by atoms with van der Waals surface area (Å²) in [5.41, 5.74) is 1.62. The number of nitrogens with one attached hydrogen (secondary N) is 1. The standard InChI is InChI=1S/C17H22N2OS/c1-13-9-10-14(12-18-13)17(2,3)19-16(20)8-4-6-15-7-5-11-21-15/h5,7,9-12H,4,6,8H2,1-3H3,(H,19,20). The minimum Gasteiger partial charge on any atom is -0.347 e. The third kappa shape index (κ3) is 4.67. The molecule has 0 fully saturated rings. The summed E-state index contributed by atoms with van der Waals surface area (Å²) in [6.07, 6.45) is 4.24. The highest BCUT2D eigenvalue weighted by atomic mass is 32.1. The number of nitrogens with zero attached hydrogens (tertiary/aromatic N) is 1. The molecule has 2 aromatic heterocycles. The van der Waals surface area contributed by atoms with Gasteiger partial charge in [0.2, 0.25) is 5.91 Å². The summed E-state index contributed by atoms with van der Waals surface area (Å²) in [5, 5.41) is 5.17. The molecule has 21 heavy (non-hydrogen) atoms. The molecule has 2 aromatic rings. The monoisotopic (exact) mass is 302 g/mol. The Hall–Kier alpha value is -1.68. The van der Waals surface area contributed by atoms with Gasteiger partial charge in [-0.25, -0.2) is 0 Å². The van der Waals surface area contributed by atoms with Crippen molar-refractivity contribution < 1.29 is 4.79 Å². The zero-order valence-electron chi connectivity index (χ0n) is 12.8. The molecule has 2 heterocycles. The second-order valence-corrected chi connectivity index (χ2v) is 6.83. The van der Waals surface area contributed by atoms with Crippen molar-refractivity contribution in [1.29, 1.82) is 0 Å². The molecular weight excluding hydrogens is 280 g/mol. The Kier molecular flexibility index (Phi) is 5.12. The molecule has 1 N–H and O–H groups in total. The van der Waals surface area contributed by atoms with Gasteiger partial charge in [0.25, 0.3) is 0 Å². The molecule has 0 saturated carbocycles. The fraction of sp³-hybridized carbons (Fsp3) is 0.412. The van der Waals surface area contributed by atoms with Gasteiger partial charge >= 0.3 is 0 Å². The first-order valence-corrected chi connectivity index (χ1v) is 8.12. The molecule has 0 aliphatic rings. The van der Waals surface area contributed by atoms with Gasteiger partial charge in [0.1, 0.15) is 0 Å². The zero-order chi connectivity index (χ0) is 15.3. The SMILES string of the molecule is Cc1ccc(C(C)(C)NC(=O)CCCc2cccs2)cn1. The number of aromatic nitrogens is 1. The molecular formula is C17H22N2OS. The van der Waals surface area contributed by atoms with Crippen molar-refractivity contribution in [3.63, 3.8) is 0 Å². The Balaban J connectivity index is 1.84. The third-order valence-electron chi connectivity index (χ3n) is 3.49. The van der Waals surface area contributed by atoms with Gasteiger partial charge in [-0.3, -0.25) is 9.78 Å². The largest absolute Gasteiger partial charge is 0.347 e. The molecule has 0 aliphatic heterocycles. The molecule has 1 amide bonds. The molecule has 0 bridgehead atoms. The van der Waals surface area contributed by atoms with Crippen LogP contribution in [0.2, 0.25) is 0 Å². The van der Waals surface area contributed by atoms with E-state index in [1.165, 1.54) is 4.88 Å². The lowest BCUT2D eigenvalue weighted by molar-refractivity contribution is -0.122. The average Bonchev–Trinajstić information content (AvgIpc) is 2.92. The van der Waals surface area contributed by atoms with E-state index >= 15 is 0 Å². The normalized spacial score (nSPS) is 11.4. The summed E-state index contributed by atoms with van der Waals surface area (Å²) in [6.45, 7) is 5.98. The lowest BCUT2D eigenvalue weighted by atomic mass is 9.95. The number of carbonyl (C=O) groups excluding carboxylic acids is 1. The van der Waals surface area contributed by atoms with Crippen LogP contribution in [0.15, 0.2) is 35.8 Å². The van der Waals surface area contributed by atoms with Crippen molar-refractivity contribution in [2.24, 2.45) is 0 Å². The molecule has 0 atom stereocenters. The predicted molar refractivity (Wildman–Crippen MR) is 87.4 cm³/mol. The molecule has 0 saturated heterocycles. The maximum Gasteiger partial charge on any atom is 0.220 e. The quantitative estimate of drug-likeness (QED) is 0.881. The predicted octanol–water partition coefficient (Wildman–Crippen LogP) is 3.83. The molecule has 112 valence electrons. The fourth-order valence-corrected chi connectivity index (χ4v) is 2.95. The van der Waals surface area contributed by atoms with Crippen molar-refractivity contribution in [1.82, 2.24) is 10.3 Å². The molecule has 0 unspecified atom stereocenters. The molecule has 0 aromatic carbocycles. The van der Waals surface area contributed by atoms with E-state index in [1.807, 2.05) is 45.2 Å². The second-order valence-electron chi connectivity index (χ2n) is 5.79. The van der Waals surface area contributed by atoms with Crippen LogP contribution < -0.4 is 5.32 Å². The van der Waals surface area contributed by atoms with Crippen LogP contribution in [-0.4, -0.2) is 10.9 Å². The average molecular weight is 302 g/mol. The van der Waals surface area contributed by atoms with E-state index in [1.54, 1.807) is 11.3 Å². The molecule has 4 heteroatoms. The Morgan fingerprint density at radius 3 is 2.76 bits per heavy atom. The zero-order valence-corrected chi connectivity index (χ0v) is 13.7. The van der Waals surface area contributed by atoms with Gasteiger partial charge in [-0.15, -0.1) is 11.3 Å². The first kappa shape index (κ1) is 15.7. The number of aryl methyl sites for hydroxylation is 2. The van der Waals surface area contributed by atoms with Crippen LogP contribution in [0.1, 0.15) is 42.8 Å². The smallest absolute Gasteiger partial charge is 0.220 e. The Labute approximate surface area is 130 Å². The summed E-state index contributed by atoms with van der Waals surface area (Å²) in [4.78, 5) is 17.7. The lowest BCUT2D eigenvalue weighted by Gasteiger charge is -2.26. The van der Waals surface area contributed by atoms with Crippen molar-refractivity contribution >= 4 is 17.2 Å². The van der Waals surface area contributed by atoms with Gasteiger partial charge in [-0.1, -0.05) is 12.1 Å². The number of amides is 1. The van der Waals surface area contributed by atoms with Crippen molar-refractivity contribution in [2.75, 3.05) is 0 Å². The number of rotatable bonds is 6. The summed E-state index contributed by atoms with van der Waals surface area (Å²) < 4.78 is 0. The minimum absolute atomic E-state index is 0.0946. The molecule has 3 nitrogen and oxygen atoms in total. The number of pyridine rings is 1. The molecule has 0 aliphatic carbocycles. The van der Waals surface area contributed by atoms with Crippen molar-refractivity contribution in [3.8, 4) is 0 Å².